The third-order valence-corrected chi connectivity index (χ3v) is 4.50. The van der Waals surface area contributed by atoms with E-state index in [4.69, 9.17) is 5.73 Å². The normalized spacial score (nSPS) is 18.8. The van der Waals surface area contributed by atoms with Gasteiger partial charge in [-0.15, -0.1) is 0 Å². The van der Waals surface area contributed by atoms with E-state index in [0.717, 1.165) is 6.42 Å². The predicted octanol–water partition coefficient (Wildman–Crippen LogP) is 1.56. The predicted molar refractivity (Wildman–Crippen MR) is 84.6 cm³/mol. The summed E-state index contributed by atoms with van der Waals surface area (Å²) < 4.78 is 0. The Morgan fingerprint density at radius 1 is 1.14 bits per heavy atom. The van der Waals surface area contributed by atoms with Crippen LogP contribution in [0, 0.1) is 11.8 Å². The van der Waals surface area contributed by atoms with Crippen molar-refractivity contribution in [3.05, 3.63) is 0 Å². The van der Waals surface area contributed by atoms with Gasteiger partial charge in [-0.25, -0.2) is 0 Å². The number of nitrogens with two attached hydrogens (primary N) is 1. The van der Waals surface area contributed by atoms with Gasteiger partial charge < -0.3 is 16.4 Å². The fraction of sp³-hybridized carbons (Fsp3) is 0.875. The van der Waals surface area contributed by atoms with Crippen LogP contribution >= 0.6 is 0 Å². The molecule has 0 spiro atoms. The first-order valence-electron chi connectivity index (χ1n) is 8.34. The van der Waals surface area contributed by atoms with E-state index < -0.39 is 6.04 Å². The molecule has 2 atom stereocenters. The molecule has 2 unspecified atom stereocenters. The number of hydrogen-bond donors (Lipinski definition) is 3. The summed E-state index contributed by atoms with van der Waals surface area (Å²) in [5, 5.41) is 5.65. The summed E-state index contributed by atoms with van der Waals surface area (Å²) >= 11 is 0. The first-order chi connectivity index (χ1) is 10.0. The van der Waals surface area contributed by atoms with E-state index in [0.29, 0.717) is 25.4 Å². The number of amides is 2. The number of nitrogens with one attached hydrogen (secondary N) is 2. The van der Waals surface area contributed by atoms with Crippen LogP contribution in [-0.2, 0) is 9.59 Å². The van der Waals surface area contributed by atoms with E-state index in [1.54, 1.807) is 0 Å². The molecule has 0 aromatic carbocycles. The van der Waals surface area contributed by atoms with Gasteiger partial charge in [0.2, 0.25) is 11.8 Å². The molecular formula is C16H31N3O2. The summed E-state index contributed by atoms with van der Waals surface area (Å²) in [7, 11) is 0. The zero-order valence-electron chi connectivity index (χ0n) is 13.5. The standard InChI is InChI=1S/C16H31N3O2/c1-3-12(2)15(17)16(21)19-10-9-18-14(20)11-13-7-5-4-6-8-13/h12-13,15H,3-11,17H2,1-2H3,(H,18,20)(H,19,21). The van der Waals surface area contributed by atoms with Crippen LogP contribution < -0.4 is 16.4 Å². The molecule has 1 aliphatic carbocycles. The third kappa shape index (κ3) is 6.93. The SMILES string of the molecule is CCC(C)C(N)C(=O)NCCNC(=O)CC1CCCCC1. The summed E-state index contributed by atoms with van der Waals surface area (Å²) in [4.78, 5) is 23.6. The molecule has 0 aromatic rings. The smallest absolute Gasteiger partial charge is 0.237 e. The third-order valence-electron chi connectivity index (χ3n) is 4.50. The van der Waals surface area contributed by atoms with Crippen molar-refractivity contribution in [2.45, 2.75) is 64.8 Å². The van der Waals surface area contributed by atoms with Gasteiger partial charge in [0.05, 0.1) is 6.04 Å². The average Bonchev–Trinajstić information content (AvgIpc) is 2.50. The van der Waals surface area contributed by atoms with Crippen molar-refractivity contribution in [1.29, 1.82) is 0 Å². The van der Waals surface area contributed by atoms with Crippen molar-refractivity contribution in [3.8, 4) is 0 Å². The maximum Gasteiger partial charge on any atom is 0.237 e. The summed E-state index contributed by atoms with van der Waals surface area (Å²) in [6.45, 7) is 4.91. The fourth-order valence-electron chi connectivity index (χ4n) is 2.74. The summed E-state index contributed by atoms with van der Waals surface area (Å²) in [6, 6.07) is -0.465. The van der Waals surface area contributed by atoms with Crippen molar-refractivity contribution in [2.24, 2.45) is 17.6 Å². The topological polar surface area (TPSA) is 84.2 Å². The van der Waals surface area contributed by atoms with Gasteiger partial charge in [0.15, 0.2) is 0 Å². The minimum atomic E-state index is -0.465. The van der Waals surface area contributed by atoms with Gasteiger partial charge in [-0.05, 0) is 24.7 Å². The second-order valence-electron chi connectivity index (χ2n) is 6.26. The molecule has 0 saturated heterocycles. The van der Waals surface area contributed by atoms with E-state index >= 15 is 0 Å². The molecule has 0 heterocycles. The van der Waals surface area contributed by atoms with Crippen molar-refractivity contribution in [3.63, 3.8) is 0 Å². The number of carbonyl (C=O) groups excluding carboxylic acids is 2. The monoisotopic (exact) mass is 297 g/mol. The van der Waals surface area contributed by atoms with Gasteiger partial charge >= 0.3 is 0 Å². The lowest BCUT2D eigenvalue weighted by Crippen LogP contribution is -2.46. The minimum absolute atomic E-state index is 0.0994. The van der Waals surface area contributed by atoms with Crippen LogP contribution in [0.1, 0.15) is 58.8 Å². The Morgan fingerprint density at radius 3 is 2.38 bits per heavy atom. The highest BCUT2D eigenvalue weighted by atomic mass is 16.2. The quantitative estimate of drug-likeness (QED) is 0.594. The zero-order chi connectivity index (χ0) is 15.7. The second-order valence-corrected chi connectivity index (χ2v) is 6.26. The number of rotatable bonds is 8. The molecule has 0 aromatic heterocycles. The average molecular weight is 297 g/mol. The Morgan fingerprint density at radius 2 is 1.76 bits per heavy atom. The highest BCUT2D eigenvalue weighted by Crippen LogP contribution is 2.25. The van der Waals surface area contributed by atoms with Crippen molar-refractivity contribution < 1.29 is 9.59 Å². The lowest BCUT2D eigenvalue weighted by Gasteiger charge is -2.21. The highest BCUT2D eigenvalue weighted by molar-refractivity contribution is 5.81. The van der Waals surface area contributed by atoms with Gasteiger partial charge in [-0.3, -0.25) is 9.59 Å². The molecule has 0 bridgehead atoms. The van der Waals surface area contributed by atoms with Crippen molar-refractivity contribution in [1.82, 2.24) is 10.6 Å². The Hall–Kier alpha value is -1.10. The van der Waals surface area contributed by atoms with Crippen molar-refractivity contribution in [2.75, 3.05) is 13.1 Å². The van der Waals surface area contributed by atoms with Gasteiger partial charge in [-0.1, -0.05) is 39.5 Å². The Labute approximate surface area is 128 Å². The Bertz CT molecular complexity index is 327. The van der Waals surface area contributed by atoms with Crippen LogP contribution in [0.3, 0.4) is 0 Å². The van der Waals surface area contributed by atoms with Gasteiger partial charge in [0.1, 0.15) is 0 Å². The minimum Gasteiger partial charge on any atom is -0.354 e. The molecule has 1 fully saturated rings. The summed E-state index contributed by atoms with van der Waals surface area (Å²) in [5.74, 6) is 0.686. The van der Waals surface area contributed by atoms with Crippen LogP contribution in [0.15, 0.2) is 0 Å². The highest BCUT2D eigenvalue weighted by Gasteiger charge is 2.19. The van der Waals surface area contributed by atoms with E-state index in [1.807, 2.05) is 13.8 Å². The molecule has 2 amide bonds. The Kier molecular flexibility index (Phi) is 8.35. The summed E-state index contributed by atoms with van der Waals surface area (Å²) in [6.07, 6.45) is 7.67. The van der Waals surface area contributed by atoms with Gasteiger partial charge in [-0.2, -0.15) is 0 Å². The molecule has 0 aliphatic heterocycles. The lowest BCUT2D eigenvalue weighted by molar-refractivity contribution is -0.124. The van der Waals surface area contributed by atoms with E-state index in [2.05, 4.69) is 10.6 Å². The molecule has 5 nitrogen and oxygen atoms in total. The lowest BCUT2D eigenvalue weighted by atomic mass is 9.87. The van der Waals surface area contributed by atoms with Crippen LogP contribution in [0.2, 0.25) is 0 Å². The molecule has 21 heavy (non-hydrogen) atoms. The molecule has 0 radical (unpaired) electrons. The molecule has 1 rings (SSSR count). The molecule has 4 N–H and O–H groups in total. The number of hydrogen-bond acceptors (Lipinski definition) is 3. The fourth-order valence-corrected chi connectivity index (χ4v) is 2.74. The van der Waals surface area contributed by atoms with Crippen molar-refractivity contribution >= 4 is 11.8 Å². The van der Waals surface area contributed by atoms with E-state index in [9.17, 15) is 9.59 Å². The zero-order valence-corrected chi connectivity index (χ0v) is 13.5. The molecule has 1 saturated carbocycles. The van der Waals surface area contributed by atoms with Gasteiger partial charge in [0.25, 0.3) is 0 Å². The van der Waals surface area contributed by atoms with E-state index in [-0.39, 0.29) is 17.7 Å². The first-order valence-corrected chi connectivity index (χ1v) is 8.34. The first kappa shape index (κ1) is 18.0. The maximum absolute atomic E-state index is 11.8. The van der Waals surface area contributed by atoms with Crippen LogP contribution in [0.5, 0.6) is 0 Å². The van der Waals surface area contributed by atoms with E-state index in [1.165, 1.54) is 32.1 Å². The van der Waals surface area contributed by atoms with Crippen LogP contribution in [-0.4, -0.2) is 30.9 Å². The molecule has 5 heteroatoms. The largest absolute Gasteiger partial charge is 0.354 e. The summed E-state index contributed by atoms with van der Waals surface area (Å²) in [5.41, 5.74) is 5.84. The second kappa shape index (κ2) is 9.77. The number of carbonyl (C=O) groups is 2. The molecule has 122 valence electrons. The van der Waals surface area contributed by atoms with Crippen LogP contribution in [0.4, 0.5) is 0 Å². The maximum atomic E-state index is 11.8. The van der Waals surface area contributed by atoms with Crippen LogP contribution in [0.25, 0.3) is 0 Å². The molecular weight excluding hydrogens is 266 g/mol. The Balaban J connectivity index is 2.10. The van der Waals surface area contributed by atoms with Gasteiger partial charge in [0, 0.05) is 19.5 Å². The molecule has 1 aliphatic rings.